The maximum absolute atomic E-state index is 2.54. The van der Waals surface area contributed by atoms with E-state index in [1.807, 2.05) is 0 Å². The lowest BCUT2D eigenvalue weighted by Gasteiger charge is -2.30. The van der Waals surface area contributed by atoms with Gasteiger partial charge in [0.1, 0.15) is 0 Å². The van der Waals surface area contributed by atoms with Crippen molar-refractivity contribution in [2.75, 3.05) is 0 Å². The Morgan fingerprint density at radius 1 is 1.55 bits per heavy atom. The van der Waals surface area contributed by atoms with Gasteiger partial charge in [0.05, 0.1) is 0 Å². The first-order valence-corrected chi connectivity index (χ1v) is 4.80. The molecule has 0 amide bonds. The fourth-order valence-electron chi connectivity index (χ4n) is 3.13. The molecule has 0 aliphatic heterocycles. The van der Waals surface area contributed by atoms with Gasteiger partial charge < -0.3 is 0 Å². The number of hydrogen-bond donors (Lipinski definition) is 0. The fourth-order valence-corrected chi connectivity index (χ4v) is 3.13. The van der Waals surface area contributed by atoms with Gasteiger partial charge in [0.25, 0.3) is 0 Å². The molecule has 0 spiro atoms. The van der Waals surface area contributed by atoms with Crippen LogP contribution in [0.2, 0.25) is 0 Å². The second-order valence-electron chi connectivity index (χ2n) is 4.20. The molecule has 3 unspecified atom stereocenters. The summed E-state index contributed by atoms with van der Waals surface area (Å²) in [6.45, 7) is 2.32. The minimum absolute atomic E-state index is 0.906. The van der Waals surface area contributed by atoms with Crippen molar-refractivity contribution in [1.82, 2.24) is 0 Å². The molecule has 0 aromatic carbocycles. The molecule has 0 aromatic heterocycles. The first-order valence-electron chi connectivity index (χ1n) is 4.80. The van der Waals surface area contributed by atoms with Gasteiger partial charge in [-0.25, -0.2) is 0 Å². The van der Waals surface area contributed by atoms with Crippen LogP contribution in [0.5, 0.6) is 0 Å². The quantitative estimate of drug-likeness (QED) is 0.533. The summed E-state index contributed by atoms with van der Waals surface area (Å²) < 4.78 is 0. The molecule has 4 aliphatic carbocycles. The molecule has 0 radical (unpaired) electrons. The van der Waals surface area contributed by atoms with Crippen LogP contribution >= 0.6 is 0 Å². The first kappa shape index (κ1) is 6.05. The van der Waals surface area contributed by atoms with E-state index in [0.29, 0.717) is 0 Å². The van der Waals surface area contributed by atoms with E-state index < -0.39 is 0 Å². The highest BCUT2D eigenvalue weighted by Gasteiger charge is 2.42. The number of allylic oxidation sites excluding steroid dienone is 4. The summed E-state index contributed by atoms with van der Waals surface area (Å²) in [5.41, 5.74) is 3.45. The molecule has 58 valence electrons. The van der Waals surface area contributed by atoms with Gasteiger partial charge in [-0.1, -0.05) is 24.6 Å². The van der Waals surface area contributed by atoms with Gasteiger partial charge in [0.2, 0.25) is 0 Å². The van der Waals surface area contributed by atoms with Crippen LogP contribution in [0, 0.1) is 17.8 Å². The Morgan fingerprint density at radius 3 is 3.00 bits per heavy atom. The normalized spacial score (nSPS) is 44.6. The molecular weight excluding hydrogens is 132 g/mol. The van der Waals surface area contributed by atoms with Crippen molar-refractivity contribution in [3.05, 3.63) is 23.3 Å². The van der Waals surface area contributed by atoms with Crippen molar-refractivity contribution in [2.24, 2.45) is 17.8 Å². The highest BCUT2D eigenvalue weighted by atomic mass is 14.5. The third-order valence-electron chi connectivity index (χ3n) is 3.72. The van der Waals surface area contributed by atoms with Crippen molar-refractivity contribution in [1.29, 1.82) is 0 Å². The van der Waals surface area contributed by atoms with E-state index in [4.69, 9.17) is 0 Å². The molecule has 4 aliphatic rings. The highest BCUT2D eigenvalue weighted by Crippen LogP contribution is 2.55. The van der Waals surface area contributed by atoms with Crippen LogP contribution in [0.3, 0.4) is 0 Å². The standard InChI is InChI=1S/C11H14/c1-2-7-3-8-4-10-5-9(8)6-11(7)10/h3-4,7,9,11H,2,5-6H2,1H3. The minimum Gasteiger partial charge on any atom is -0.0773 e. The molecule has 0 heterocycles. The predicted molar refractivity (Wildman–Crippen MR) is 46.2 cm³/mol. The lowest BCUT2D eigenvalue weighted by molar-refractivity contribution is 0.391. The predicted octanol–water partition coefficient (Wildman–Crippen LogP) is 2.92. The van der Waals surface area contributed by atoms with Crippen LogP contribution in [-0.4, -0.2) is 0 Å². The molecule has 1 fully saturated rings. The maximum atomic E-state index is 2.54. The van der Waals surface area contributed by atoms with Crippen LogP contribution < -0.4 is 0 Å². The number of fused-ring (bicyclic) bond motifs is 1. The Bertz CT molecular complexity index is 257. The van der Waals surface area contributed by atoms with Gasteiger partial charge in [-0.05, 0) is 42.6 Å². The smallest absolute Gasteiger partial charge is 0.0122 e. The minimum atomic E-state index is 0.906. The molecule has 4 rings (SSSR count). The van der Waals surface area contributed by atoms with E-state index in [1.165, 1.54) is 19.3 Å². The Hall–Kier alpha value is -0.520. The van der Waals surface area contributed by atoms with Crippen LogP contribution in [0.4, 0.5) is 0 Å². The Kier molecular flexibility index (Phi) is 0.988. The van der Waals surface area contributed by atoms with Gasteiger partial charge in [-0.15, -0.1) is 0 Å². The van der Waals surface area contributed by atoms with Gasteiger partial charge in [-0.2, -0.15) is 0 Å². The molecule has 11 heavy (non-hydrogen) atoms. The average molecular weight is 146 g/mol. The van der Waals surface area contributed by atoms with Crippen LogP contribution in [0.15, 0.2) is 23.3 Å². The van der Waals surface area contributed by atoms with E-state index >= 15 is 0 Å². The second-order valence-corrected chi connectivity index (χ2v) is 4.20. The molecule has 1 saturated carbocycles. The van der Waals surface area contributed by atoms with Crippen molar-refractivity contribution in [2.45, 2.75) is 26.2 Å². The summed E-state index contributed by atoms with van der Waals surface area (Å²) in [6, 6.07) is 0. The van der Waals surface area contributed by atoms with E-state index in [9.17, 15) is 0 Å². The van der Waals surface area contributed by atoms with Gasteiger partial charge >= 0.3 is 0 Å². The van der Waals surface area contributed by atoms with Gasteiger partial charge in [0, 0.05) is 0 Å². The largest absolute Gasteiger partial charge is 0.0773 e. The SMILES string of the molecule is CCC1C=C2C=C3CC2CC31. The summed E-state index contributed by atoms with van der Waals surface area (Å²) in [4.78, 5) is 0. The van der Waals surface area contributed by atoms with Crippen LogP contribution in [0.1, 0.15) is 26.2 Å². The Morgan fingerprint density at radius 2 is 2.45 bits per heavy atom. The van der Waals surface area contributed by atoms with Crippen molar-refractivity contribution in [3.8, 4) is 0 Å². The third kappa shape index (κ3) is 0.610. The summed E-state index contributed by atoms with van der Waals surface area (Å²) >= 11 is 0. The van der Waals surface area contributed by atoms with E-state index in [2.05, 4.69) is 19.1 Å². The van der Waals surface area contributed by atoms with Crippen LogP contribution in [-0.2, 0) is 0 Å². The van der Waals surface area contributed by atoms with Crippen molar-refractivity contribution in [3.63, 3.8) is 0 Å². The Balaban J connectivity index is 2.08. The summed E-state index contributed by atoms with van der Waals surface area (Å²) in [6.07, 6.45) is 9.24. The van der Waals surface area contributed by atoms with E-state index in [1.54, 1.807) is 11.1 Å². The highest BCUT2D eigenvalue weighted by molar-refractivity contribution is 5.44. The lowest BCUT2D eigenvalue weighted by Crippen LogP contribution is -2.19. The number of hydrogen-bond acceptors (Lipinski definition) is 0. The monoisotopic (exact) mass is 146 g/mol. The molecule has 0 heteroatoms. The molecule has 4 bridgehead atoms. The summed E-state index contributed by atoms with van der Waals surface area (Å²) in [7, 11) is 0. The first-order chi connectivity index (χ1) is 5.38. The summed E-state index contributed by atoms with van der Waals surface area (Å²) in [5.74, 6) is 2.82. The van der Waals surface area contributed by atoms with Gasteiger partial charge in [0.15, 0.2) is 0 Å². The average Bonchev–Trinajstić information content (AvgIpc) is 2.57. The molecule has 3 atom stereocenters. The zero-order valence-electron chi connectivity index (χ0n) is 7.01. The second kappa shape index (κ2) is 1.80. The van der Waals surface area contributed by atoms with E-state index in [0.717, 1.165) is 17.8 Å². The van der Waals surface area contributed by atoms with Crippen LogP contribution in [0.25, 0.3) is 0 Å². The number of rotatable bonds is 1. The molecule has 0 nitrogen and oxygen atoms in total. The van der Waals surface area contributed by atoms with Gasteiger partial charge in [-0.3, -0.25) is 0 Å². The van der Waals surface area contributed by atoms with E-state index in [-0.39, 0.29) is 0 Å². The molecule has 0 aromatic rings. The maximum Gasteiger partial charge on any atom is -0.0122 e. The lowest BCUT2D eigenvalue weighted by atomic mass is 9.75. The zero-order valence-corrected chi connectivity index (χ0v) is 7.01. The topological polar surface area (TPSA) is 0 Å². The third-order valence-corrected chi connectivity index (χ3v) is 3.72. The fraction of sp³-hybridized carbons (Fsp3) is 0.636. The Labute approximate surface area is 68.0 Å². The molecular formula is C11H14. The molecule has 0 N–H and O–H groups in total. The zero-order chi connectivity index (χ0) is 7.42. The van der Waals surface area contributed by atoms with Crippen molar-refractivity contribution < 1.29 is 0 Å². The van der Waals surface area contributed by atoms with Crippen molar-refractivity contribution >= 4 is 0 Å². The molecule has 0 saturated heterocycles. The summed E-state index contributed by atoms with van der Waals surface area (Å²) in [5, 5.41) is 0.